The van der Waals surface area contributed by atoms with Gasteiger partial charge >= 0.3 is 0 Å². The summed E-state index contributed by atoms with van der Waals surface area (Å²) in [6, 6.07) is 10.3. The Labute approximate surface area is 178 Å². The van der Waals surface area contributed by atoms with E-state index in [0.717, 1.165) is 4.90 Å². The maximum Gasteiger partial charge on any atom is 0.278 e. The highest BCUT2D eigenvalue weighted by Crippen LogP contribution is 2.35. The Morgan fingerprint density at radius 2 is 1.90 bits per heavy atom. The summed E-state index contributed by atoms with van der Waals surface area (Å²) in [5, 5.41) is 3.53. The molecule has 0 atom stereocenters. The molecule has 0 spiro atoms. The van der Waals surface area contributed by atoms with Crippen LogP contribution < -0.4 is 5.32 Å². The van der Waals surface area contributed by atoms with E-state index in [0.29, 0.717) is 35.9 Å². The minimum atomic E-state index is -0.503. The summed E-state index contributed by atoms with van der Waals surface area (Å²) in [6.07, 6.45) is 0.500. The number of hydrogen-bond acceptors (Lipinski definition) is 4. The first-order valence-electron chi connectivity index (χ1n) is 9.08. The van der Waals surface area contributed by atoms with Crippen LogP contribution in [0.25, 0.3) is 5.57 Å². The summed E-state index contributed by atoms with van der Waals surface area (Å²) >= 11 is 12.3. The molecule has 1 N–H and O–H groups in total. The number of nitrogens with zero attached hydrogens (tertiary/aromatic N) is 1. The maximum atomic E-state index is 13.6. The topological polar surface area (TPSA) is 58.6 Å². The van der Waals surface area contributed by atoms with E-state index >= 15 is 0 Å². The fourth-order valence-corrected chi connectivity index (χ4v) is 3.52. The number of rotatable bonds is 8. The highest BCUT2D eigenvalue weighted by molar-refractivity contribution is 6.41. The molecule has 5 nitrogen and oxygen atoms in total. The Hall–Kier alpha value is -2.41. The van der Waals surface area contributed by atoms with Gasteiger partial charge in [-0.05, 0) is 43.7 Å². The van der Waals surface area contributed by atoms with Gasteiger partial charge in [-0.2, -0.15) is 0 Å². The van der Waals surface area contributed by atoms with Gasteiger partial charge in [-0.25, -0.2) is 4.39 Å². The molecule has 3 rings (SSSR count). The van der Waals surface area contributed by atoms with Gasteiger partial charge in [0.2, 0.25) is 0 Å². The van der Waals surface area contributed by atoms with Gasteiger partial charge in [-0.3, -0.25) is 14.5 Å². The second kappa shape index (κ2) is 9.39. The molecular formula is C21H19Cl2FN2O3. The van der Waals surface area contributed by atoms with Gasteiger partial charge in [0.05, 0.1) is 10.6 Å². The van der Waals surface area contributed by atoms with E-state index < -0.39 is 17.6 Å². The van der Waals surface area contributed by atoms with E-state index in [1.165, 1.54) is 24.3 Å². The zero-order chi connectivity index (χ0) is 21.0. The molecule has 2 aromatic carbocycles. The standard InChI is InChI=1S/C21H19Cl2FN2O3/c1-2-29-10-4-9-26-20(27)18(16-8-7-13(22)11-17(16)23)19(21(26)28)25-15-6-3-5-14(24)12-15/h3,5-8,11-12,25H,2,4,9-10H2,1H3. The molecule has 1 aliphatic rings. The number of halogens is 3. The second-order valence-corrected chi connectivity index (χ2v) is 7.17. The average molecular weight is 437 g/mol. The van der Waals surface area contributed by atoms with Crippen molar-refractivity contribution in [1.29, 1.82) is 0 Å². The molecule has 0 bridgehead atoms. The summed E-state index contributed by atoms with van der Waals surface area (Å²) in [7, 11) is 0. The van der Waals surface area contributed by atoms with Gasteiger partial charge in [-0.1, -0.05) is 35.3 Å². The van der Waals surface area contributed by atoms with Crippen molar-refractivity contribution < 1.29 is 18.7 Å². The van der Waals surface area contributed by atoms with Crippen molar-refractivity contribution in [3.8, 4) is 0 Å². The van der Waals surface area contributed by atoms with Gasteiger partial charge in [0, 0.05) is 36.0 Å². The molecule has 0 saturated carbocycles. The van der Waals surface area contributed by atoms with E-state index in [1.807, 2.05) is 6.92 Å². The van der Waals surface area contributed by atoms with Crippen molar-refractivity contribution in [2.75, 3.05) is 25.1 Å². The SMILES string of the molecule is CCOCCCN1C(=O)C(Nc2cccc(F)c2)=C(c2ccc(Cl)cc2Cl)C1=O. The number of hydrogen-bond donors (Lipinski definition) is 1. The number of carbonyl (C=O) groups is 2. The molecule has 152 valence electrons. The Bertz CT molecular complexity index is 978. The van der Waals surface area contributed by atoms with Gasteiger partial charge in [-0.15, -0.1) is 0 Å². The van der Waals surface area contributed by atoms with Crippen LogP contribution in [0.5, 0.6) is 0 Å². The molecule has 0 aliphatic carbocycles. The molecular weight excluding hydrogens is 418 g/mol. The lowest BCUT2D eigenvalue weighted by atomic mass is 10.0. The minimum absolute atomic E-state index is 0.0428. The van der Waals surface area contributed by atoms with Gasteiger partial charge in [0.25, 0.3) is 11.8 Å². The van der Waals surface area contributed by atoms with Crippen LogP contribution in [0.15, 0.2) is 48.2 Å². The van der Waals surface area contributed by atoms with Gasteiger partial charge in [0.1, 0.15) is 11.5 Å². The highest BCUT2D eigenvalue weighted by atomic mass is 35.5. The Morgan fingerprint density at radius 1 is 1.10 bits per heavy atom. The molecule has 8 heteroatoms. The normalized spacial score (nSPS) is 14.1. The zero-order valence-corrected chi connectivity index (χ0v) is 17.2. The third-order valence-corrected chi connectivity index (χ3v) is 4.88. The van der Waals surface area contributed by atoms with E-state index in [-0.39, 0.29) is 22.8 Å². The molecule has 0 aromatic heterocycles. The van der Waals surface area contributed by atoms with Crippen LogP contribution in [0.2, 0.25) is 10.0 Å². The van der Waals surface area contributed by atoms with Crippen LogP contribution in [0.1, 0.15) is 18.9 Å². The van der Waals surface area contributed by atoms with Crippen molar-refractivity contribution in [2.24, 2.45) is 0 Å². The van der Waals surface area contributed by atoms with Gasteiger partial charge < -0.3 is 10.1 Å². The number of amides is 2. The van der Waals surface area contributed by atoms with Gasteiger partial charge in [0.15, 0.2) is 0 Å². The summed E-state index contributed by atoms with van der Waals surface area (Å²) in [4.78, 5) is 27.2. The first kappa shape index (κ1) is 21.3. The molecule has 2 aromatic rings. The van der Waals surface area contributed by atoms with Crippen molar-refractivity contribution in [3.63, 3.8) is 0 Å². The highest BCUT2D eigenvalue weighted by Gasteiger charge is 2.39. The van der Waals surface area contributed by atoms with Crippen LogP contribution in [0.4, 0.5) is 10.1 Å². The molecule has 0 fully saturated rings. The lowest BCUT2D eigenvalue weighted by Crippen LogP contribution is -2.34. The first-order valence-corrected chi connectivity index (χ1v) is 9.84. The lowest BCUT2D eigenvalue weighted by Gasteiger charge is -2.15. The van der Waals surface area contributed by atoms with Crippen LogP contribution >= 0.6 is 23.2 Å². The molecule has 0 unspecified atom stereocenters. The van der Waals surface area contributed by atoms with Crippen molar-refractivity contribution >= 4 is 46.3 Å². The largest absolute Gasteiger partial charge is 0.382 e. The molecule has 1 heterocycles. The van der Waals surface area contributed by atoms with Crippen LogP contribution in [-0.4, -0.2) is 36.5 Å². The lowest BCUT2D eigenvalue weighted by molar-refractivity contribution is -0.137. The number of carbonyl (C=O) groups excluding carboxylic acids is 2. The maximum absolute atomic E-state index is 13.6. The van der Waals surface area contributed by atoms with E-state index in [4.69, 9.17) is 27.9 Å². The fourth-order valence-electron chi connectivity index (χ4n) is 3.02. The first-order chi connectivity index (χ1) is 13.9. The van der Waals surface area contributed by atoms with Crippen LogP contribution in [0, 0.1) is 5.82 Å². The minimum Gasteiger partial charge on any atom is -0.382 e. The van der Waals surface area contributed by atoms with E-state index in [1.54, 1.807) is 18.2 Å². The summed E-state index contributed by atoms with van der Waals surface area (Å²) in [5.74, 6) is -1.45. The summed E-state index contributed by atoms with van der Waals surface area (Å²) in [6.45, 7) is 3.05. The summed E-state index contributed by atoms with van der Waals surface area (Å²) < 4.78 is 18.9. The molecule has 29 heavy (non-hydrogen) atoms. The van der Waals surface area contributed by atoms with Crippen LogP contribution in [-0.2, 0) is 14.3 Å². The molecule has 0 radical (unpaired) electrons. The second-order valence-electron chi connectivity index (χ2n) is 6.32. The summed E-state index contributed by atoms with van der Waals surface area (Å²) in [5.41, 5.74) is 0.888. The number of nitrogens with one attached hydrogen (secondary N) is 1. The van der Waals surface area contributed by atoms with Crippen molar-refractivity contribution in [1.82, 2.24) is 4.90 Å². The quantitative estimate of drug-likeness (QED) is 0.479. The zero-order valence-electron chi connectivity index (χ0n) is 15.7. The fraction of sp³-hybridized carbons (Fsp3) is 0.238. The molecule has 0 saturated heterocycles. The Balaban J connectivity index is 1.99. The monoisotopic (exact) mass is 436 g/mol. The third kappa shape index (κ3) is 4.78. The molecule has 2 amide bonds. The number of ether oxygens (including phenoxy) is 1. The van der Waals surface area contributed by atoms with E-state index in [9.17, 15) is 14.0 Å². The van der Waals surface area contributed by atoms with Crippen LogP contribution in [0.3, 0.4) is 0 Å². The predicted octanol–water partition coefficient (Wildman–Crippen LogP) is 4.75. The van der Waals surface area contributed by atoms with Crippen molar-refractivity contribution in [2.45, 2.75) is 13.3 Å². The Kier molecular flexibility index (Phi) is 6.90. The predicted molar refractivity (Wildman–Crippen MR) is 111 cm³/mol. The van der Waals surface area contributed by atoms with Crippen molar-refractivity contribution in [3.05, 3.63) is 69.6 Å². The number of imide groups is 1. The number of anilines is 1. The molecule has 1 aliphatic heterocycles. The average Bonchev–Trinajstić information content (AvgIpc) is 2.89. The Morgan fingerprint density at radius 3 is 2.59 bits per heavy atom. The number of benzene rings is 2. The third-order valence-electron chi connectivity index (χ3n) is 4.34. The smallest absolute Gasteiger partial charge is 0.278 e. The van der Waals surface area contributed by atoms with E-state index in [2.05, 4.69) is 5.32 Å².